The molecule has 0 radical (unpaired) electrons. The van der Waals surface area contributed by atoms with Gasteiger partial charge >= 0.3 is 12.0 Å². The lowest BCUT2D eigenvalue weighted by Gasteiger charge is -2.39. The van der Waals surface area contributed by atoms with Crippen molar-refractivity contribution < 1.29 is 14.7 Å². The van der Waals surface area contributed by atoms with Crippen molar-refractivity contribution in [2.45, 2.75) is 38.1 Å². The minimum Gasteiger partial charge on any atom is -0.480 e. The molecule has 7 nitrogen and oxygen atoms in total. The van der Waals surface area contributed by atoms with Gasteiger partial charge in [0.2, 0.25) is 0 Å². The van der Waals surface area contributed by atoms with Crippen LogP contribution >= 0.6 is 22.9 Å². The number of urea groups is 1. The summed E-state index contributed by atoms with van der Waals surface area (Å²) in [5, 5.41) is 16.6. The van der Waals surface area contributed by atoms with Crippen molar-refractivity contribution in [1.82, 2.24) is 9.88 Å². The highest BCUT2D eigenvalue weighted by molar-refractivity contribution is 7.15. The number of carboxylic acid groups (broad SMARTS) is 1. The summed E-state index contributed by atoms with van der Waals surface area (Å²) >= 11 is 7.75. The molecule has 178 valence electrons. The monoisotopic (exact) mass is 498 g/mol. The molecule has 1 aliphatic heterocycles. The number of para-hydroxylation sites is 1. The van der Waals surface area contributed by atoms with Gasteiger partial charge in [0, 0.05) is 17.8 Å². The molecular weight excluding hydrogens is 472 g/mol. The second-order valence-electron chi connectivity index (χ2n) is 8.82. The van der Waals surface area contributed by atoms with E-state index in [2.05, 4.69) is 15.6 Å². The van der Waals surface area contributed by atoms with Gasteiger partial charge in [-0.2, -0.15) is 0 Å². The molecule has 0 saturated carbocycles. The number of nitrogens with one attached hydrogen (secondary N) is 2. The molecule has 1 aromatic heterocycles. The maximum Gasteiger partial charge on any atom is 0.323 e. The van der Waals surface area contributed by atoms with E-state index in [4.69, 9.17) is 11.6 Å². The van der Waals surface area contributed by atoms with Gasteiger partial charge in [-0.05, 0) is 69.6 Å². The summed E-state index contributed by atoms with van der Waals surface area (Å²) in [4.78, 5) is 31.5. The summed E-state index contributed by atoms with van der Waals surface area (Å²) in [7, 11) is 0. The van der Waals surface area contributed by atoms with E-state index in [1.165, 1.54) is 0 Å². The van der Waals surface area contributed by atoms with Crippen LogP contribution in [0.1, 0.15) is 37.6 Å². The van der Waals surface area contributed by atoms with Crippen LogP contribution in [0, 0.1) is 0 Å². The Morgan fingerprint density at radius 1 is 1.09 bits per heavy atom. The number of anilines is 2. The van der Waals surface area contributed by atoms with Gasteiger partial charge in [-0.1, -0.05) is 35.9 Å². The third-order valence-corrected chi connectivity index (χ3v) is 7.77. The van der Waals surface area contributed by atoms with Crippen LogP contribution in [0.4, 0.5) is 16.2 Å². The summed E-state index contributed by atoms with van der Waals surface area (Å²) in [6.45, 7) is 5.01. The molecule has 9 heteroatoms. The van der Waals surface area contributed by atoms with Crippen molar-refractivity contribution in [3.63, 3.8) is 0 Å². The highest BCUT2D eigenvalue weighted by atomic mass is 35.5. The number of aliphatic carboxylic acids is 1. The Bertz CT molecular complexity index is 1170. The SMILES string of the molecule is CC(C)(C(=O)O)N1CCC(c2ncc(-c3ccc(NC(=O)Nc4ccccc4Cl)cc3)s2)CC1. The van der Waals surface area contributed by atoms with Crippen molar-refractivity contribution >= 4 is 46.3 Å². The van der Waals surface area contributed by atoms with Crippen LogP contribution in [-0.2, 0) is 4.79 Å². The number of hydrogen-bond acceptors (Lipinski definition) is 5. The largest absolute Gasteiger partial charge is 0.480 e. The quantitative estimate of drug-likeness (QED) is 0.379. The minimum atomic E-state index is -0.848. The summed E-state index contributed by atoms with van der Waals surface area (Å²) < 4.78 is 0. The third kappa shape index (κ3) is 5.41. The molecule has 0 aliphatic carbocycles. The normalized spacial score (nSPS) is 15.1. The fourth-order valence-electron chi connectivity index (χ4n) is 4.00. The number of likely N-dealkylation sites (tertiary alicyclic amines) is 1. The number of carboxylic acids is 1. The lowest BCUT2D eigenvalue weighted by molar-refractivity contribution is -0.150. The average molecular weight is 499 g/mol. The zero-order valence-electron chi connectivity index (χ0n) is 19.0. The van der Waals surface area contributed by atoms with Crippen molar-refractivity contribution in [2.24, 2.45) is 0 Å². The number of carbonyl (C=O) groups excluding carboxylic acids is 1. The standard InChI is InChI=1S/C25H27ClN4O3S/c1-25(2,23(31)32)30-13-11-17(12-14-30)22-27-15-21(34-22)16-7-9-18(10-8-16)28-24(33)29-20-6-4-3-5-19(20)26/h3-10,15,17H,11-14H2,1-2H3,(H,31,32)(H2,28,29,33). The Labute approximate surface area is 207 Å². The number of rotatable bonds is 6. The zero-order chi connectivity index (χ0) is 24.3. The number of halogens is 1. The molecule has 3 aromatic rings. The number of aromatic nitrogens is 1. The van der Waals surface area contributed by atoms with Gasteiger partial charge in [0.15, 0.2) is 0 Å². The number of amides is 2. The number of nitrogens with zero attached hydrogens (tertiary/aromatic N) is 2. The Balaban J connectivity index is 1.35. The molecule has 0 bridgehead atoms. The molecule has 2 amide bonds. The minimum absolute atomic E-state index is 0.342. The van der Waals surface area contributed by atoms with Gasteiger partial charge in [0.1, 0.15) is 5.54 Å². The molecular formula is C25H27ClN4O3S. The Morgan fingerprint density at radius 3 is 2.41 bits per heavy atom. The van der Waals surface area contributed by atoms with Gasteiger partial charge < -0.3 is 15.7 Å². The van der Waals surface area contributed by atoms with E-state index in [1.807, 2.05) is 35.4 Å². The number of thiazole rings is 1. The first-order valence-electron chi connectivity index (χ1n) is 11.1. The lowest BCUT2D eigenvalue weighted by Crippen LogP contribution is -2.52. The van der Waals surface area contributed by atoms with Crippen LogP contribution in [0.5, 0.6) is 0 Å². The Morgan fingerprint density at radius 2 is 1.76 bits per heavy atom. The number of hydrogen-bond donors (Lipinski definition) is 3. The van der Waals surface area contributed by atoms with E-state index >= 15 is 0 Å². The van der Waals surface area contributed by atoms with Crippen LogP contribution in [-0.4, -0.2) is 45.6 Å². The van der Waals surface area contributed by atoms with E-state index in [1.54, 1.807) is 49.4 Å². The summed E-state index contributed by atoms with van der Waals surface area (Å²) in [6, 6.07) is 14.3. The lowest BCUT2D eigenvalue weighted by atomic mass is 9.92. The van der Waals surface area contributed by atoms with Crippen molar-refractivity contribution in [3.8, 4) is 10.4 Å². The first-order chi connectivity index (χ1) is 16.2. The fraction of sp³-hybridized carbons (Fsp3) is 0.320. The Kier molecular flexibility index (Phi) is 7.21. The molecule has 2 heterocycles. The molecule has 1 fully saturated rings. The average Bonchev–Trinajstić information content (AvgIpc) is 3.31. The molecule has 3 N–H and O–H groups in total. The summed E-state index contributed by atoms with van der Waals surface area (Å²) in [5.74, 6) is -0.448. The van der Waals surface area contributed by atoms with E-state index in [0.717, 1.165) is 41.4 Å². The Hall–Kier alpha value is -2.94. The van der Waals surface area contributed by atoms with Crippen LogP contribution in [0.15, 0.2) is 54.7 Å². The second-order valence-corrected chi connectivity index (χ2v) is 10.3. The van der Waals surface area contributed by atoms with E-state index in [0.29, 0.717) is 22.3 Å². The van der Waals surface area contributed by atoms with Crippen LogP contribution in [0.25, 0.3) is 10.4 Å². The maximum atomic E-state index is 12.3. The van der Waals surface area contributed by atoms with Crippen molar-refractivity contribution in [3.05, 3.63) is 64.8 Å². The molecule has 1 aliphatic rings. The molecule has 34 heavy (non-hydrogen) atoms. The molecule has 0 unspecified atom stereocenters. The smallest absolute Gasteiger partial charge is 0.323 e. The highest BCUT2D eigenvalue weighted by Crippen LogP contribution is 2.36. The first-order valence-corrected chi connectivity index (χ1v) is 12.3. The summed E-state index contributed by atoms with van der Waals surface area (Å²) in [6.07, 6.45) is 3.68. The first kappa shape index (κ1) is 24.2. The predicted molar refractivity (Wildman–Crippen MR) is 137 cm³/mol. The van der Waals surface area contributed by atoms with Crippen LogP contribution in [0.3, 0.4) is 0 Å². The topological polar surface area (TPSA) is 94.6 Å². The zero-order valence-corrected chi connectivity index (χ0v) is 20.6. The van der Waals surface area contributed by atoms with Crippen molar-refractivity contribution in [2.75, 3.05) is 23.7 Å². The molecule has 1 saturated heterocycles. The number of carbonyl (C=O) groups is 2. The van der Waals surface area contributed by atoms with Crippen LogP contribution in [0.2, 0.25) is 5.02 Å². The highest BCUT2D eigenvalue weighted by Gasteiger charge is 2.37. The predicted octanol–water partition coefficient (Wildman–Crippen LogP) is 6.15. The number of piperidine rings is 1. The van der Waals surface area contributed by atoms with E-state index in [-0.39, 0.29) is 6.03 Å². The van der Waals surface area contributed by atoms with E-state index in [9.17, 15) is 14.7 Å². The van der Waals surface area contributed by atoms with Gasteiger partial charge in [0.25, 0.3) is 0 Å². The van der Waals surface area contributed by atoms with E-state index < -0.39 is 11.5 Å². The van der Waals surface area contributed by atoms with Gasteiger partial charge in [0.05, 0.1) is 20.6 Å². The van der Waals surface area contributed by atoms with Crippen molar-refractivity contribution in [1.29, 1.82) is 0 Å². The molecule has 0 spiro atoms. The third-order valence-electron chi connectivity index (χ3n) is 6.23. The fourth-order valence-corrected chi connectivity index (χ4v) is 5.27. The second kappa shape index (κ2) is 10.1. The number of benzene rings is 2. The maximum absolute atomic E-state index is 12.3. The summed E-state index contributed by atoms with van der Waals surface area (Å²) in [5.41, 5.74) is 1.41. The van der Waals surface area contributed by atoms with Crippen LogP contribution < -0.4 is 10.6 Å². The van der Waals surface area contributed by atoms with Gasteiger partial charge in [-0.25, -0.2) is 9.78 Å². The van der Waals surface area contributed by atoms with Gasteiger partial charge in [-0.3, -0.25) is 9.69 Å². The van der Waals surface area contributed by atoms with Gasteiger partial charge in [-0.15, -0.1) is 11.3 Å². The molecule has 0 atom stereocenters. The molecule has 2 aromatic carbocycles. The molecule has 4 rings (SSSR count).